The number of aryl methyl sites for hydroxylation is 3. The summed E-state index contributed by atoms with van der Waals surface area (Å²) in [5, 5.41) is 10.8. The van der Waals surface area contributed by atoms with Gasteiger partial charge in [-0.2, -0.15) is 23.4 Å². The van der Waals surface area contributed by atoms with Crippen LogP contribution in [0.5, 0.6) is 0 Å². The molecule has 1 fully saturated rings. The number of carbonyl (C=O) groups excluding carboxylic acids is 1. The van der Waals surface area contributed by atoms with Gasteiger partial charge in [-0.1, -0.05) is 0 Å². The van der Waals surface area contributed by atoms with E-state index in [1.807, 2.05) is 24.6 Å². The zero-order chi connectivity index (χ0) is 19.8. The molecular weight excluding hydrogens is 359 g/mol. The van der Waals surface area contributed by atoms with Gasteiger partial charge in [-0.25, -0.2) is 0 Å². The molecule has 2 heterocycles. The molecule has 1 amide bonds. The van der Waals surface area contributed by atoms with Crippen molar-refractivity contribution in [1.82, 2.24) is 24.9 Å². The van der Waals surface area contributed by atoms with E-state index in [1.165, 1.54) is 4.68 Å². The summed E-state index contributed by atoms with van der Waals surface area (Å²) in [7, 11) is 0. The number of nitrogens with zero attached hydrogens (tertiary/aromatic N) is 4. The Bertz CT molecular complexity index is 820. The molecule has 0 aromatic carbocycles. The largest absolute Gasteiger partial charge is 0.435 e. The van der Waals surface area contributed by atoms with Gasteiger partial charge in [-0.15, -0.1) is 0 Å². The number of rotatable bonds is 7. The third-order valence-electron chi connectivity index (χ3n) is 4.75. The average Bonchev–Trinajstić information content (AvgIpc) is 3.24. The first kappa shape index (κ1) is 19.4. The Hall–Kier alpha value is -2.32. The van der Waals surface area contributed by atoms with Crippen LogP contribution in [0.15, 0.2) is 12.1 Å². The number of amides is 1. The van der Waals surface area contributed by atoms with E-state index in [4.69, 9.17) is 0 Å². The van der Waals surface area contributed by atoms with Crippen LogP contribution < -0.4 is 5.32 Å². The van der Waals surface area contributed by atoms with E-state index >= 15 is 0 Å². The minimum Gasteiger partial charge on any atom is -0.354 e. The van der Waals surface area contributed by atoms with Gasteiger partial charge in [0.05, 0.1) is 5.69 Å². The summed E-state index contributed by atoms with van der Waals surface area (Å²) in [5.41, 5.74) is 1.55. The monoisotopic (exact) mass is 383 g/mol. The molecule has 27 heavy (non-hydrogen) atoms. The normalized spacial score (nSPS) is 15.8. The number of nitrogens with one attached hydrogen (secondary N) is 1. The second-order valence-electron chi connectivity index (χ2n) is 7.14. The minimum atomic E-state index is -4.51. The first-order valence-electron chi connectivity index (χ1n) is 9.12. The van der Waals surface area contributed by atoms with Crippen LogP contribution in [0.4, 0.5) is 13.2 Å². The predicted octanol–water partition coefficient (Wildman–Crippen LogP) is 3.36. The van der Waals surface area contributed by atoms with E-state index in [2.05, 4.69) is 15.5 Å². The van der Waals surface area contributed by atoms with E-state index in [9.17, 15) is 18.0 Å². The molecule has 1 aliphatic carbocycles. The molecule has 0 aliphatic heterocycles. The van der Waals surface area contributed by atoms with Crippen LogP contribution in [0, 0.1) is 13.8 Å². The Balaban J connectivity index is 1.58. The maximum atomic E-state index is 13.0. The van der Waals surface area contributed by atoms with Crippen molar-refractivity contribution in [2.24, 2.45) is 0 Å². The smallest absolute Gasteiger partial charge is 0.354 e. The van der Waals surface area contributed by atoms with Gasteiger partial charge in [0, 0.05) is 30.4 Å². The Kier molecular flexibility index (Phi) is 5.30. The molecule has 1 aliphatic rings. The third kappa shape index (κ3) is 4.51. The van der Waals surface area contributed by atoms with Crippen molar-refractivity contribution >= 4 is 5.91 Å². The summed E-state index contributed by atoms with van der Waals surface area (Å²) in [4.78, 5) is 12.4. The van der Waals surface area contributed by atoms with Crippen LogP contribution >= 0.6 is 0 Å². The van der Waals surface area contributed by atoms with Crippen LogP contribution in [0.2, 0.25) is 0 Å². The van der Waals surface area contributed by atoms with Gasteiger partial charge >= 0.3 is 6.18 Å². The van der Waals surface area contributed by atoms with Crippen LogP contribution in [-0.2, 0) is 17.5 Å². The van der Waals surface area contributed by atoms with Crippen molar-refractivity contribution in [3.63, 3.8) is 0 Å². The molecule has 2 aromatic rings. The number of alkyl halides is 3. The van der Waals surface area contributed by atoms with E-state index in [0.717, 1.165) is 30.3 Å². The maximum absolute atomic E-state index is 13.0. The minimum absolute atomic E-state index is 0.0647. The maximum Gasteiger partial charge on any atom is 0.435 e. The van der Waals surface area contributed by atoms with Crippen molar-refractivity contribution in [3.8, 4) is 0 Å². The topological polar surface area (TPSA) is 64.7 Å². The van der Waals surface area contributed by atoms with Crippen LogP contribution in [0.3, 0.4) is 0 Å². The standard InChI is InChI=1S/C18H24F3N5O/c1-11-9-12(2)25(23-11)8-4-7-22-17(27)13(3)26-15(14-5-6-14)10-16(24-26)18(19,20)21/h9-10,13-14H,4-8H2,1-3H3,(H,22,27). The molecule has 0 bridgehead atoms. The molecule has 0 saturated heterocycles. The van der Waals surface area contributed by atoms with Gasteiger partial charge in [0.1, 0.15) is 6.04 Å². The molecular formula is C18H24F3N5O. The van der Waals surface area contributed by atoms with E-state index in [1.54, 1.807) is 6.92 Å². The van der Waals surface area contributed by atoms with Gasteiger partial charge in [0.2, 0.25) is 5.91 Å². The van der Waals surface area contributed by atoms with E-state index in [0.29, 0.717) is 25.2 Å². The molecule has 9 heteroatoms. The summed E-state index contributed by atoms with van der Waals surface area (Å²) in [6.45, 7) is 6.56. The highest BCUT2D eigenvalue weighted by atomic mass is 19.4. The molecule has 6 nitrogen and oxygen atoms in total. The van der Waals surface area contributed by atoms with Gasteiger partial charge in [-0.05, 0) is 52.2 Å². The van der Waals surface area contributed by atoms with Crippen molar-refractivity contribution in [1.29, 1.82) is 0 Å². The van der Waals surface area contributed by atoms with Crippen LogP contribution in [0.1, 0.15) is 60.9 Å². The fourth-order valence-electron chi connectivity index (χ4n) is 3.14. The molecule has 1 saturated carbocycles. The summed E-state index contributed by atoms with van der Waals surface area (Å²) < 4.78 is 42.1. The number of carbonyl (C=O) groups is 1. The molecule has 0 radical (unpaired) electrons. The fourth-order valence-corrected chi connectivity index (χ4v) is 3.14. The Morgan fingerprint density at radius 2 is 2.00 bits per heavy atom. The number of halogens is 3. The molecule has 1 atom stereocenters. The van der Waals surface area contributed by atoms with Crippen LogP contribution in [0.25, 0.3) is 0 Å². The summed E-state index contributed by atoms with van der Waals surface area (Å²) in [6.07, 6.45) is -2.16. The zero-order valence-electron chi connectivity index (χ0n) is 15.7. The highest BCUT2D eigenvalue weighted by molar-refractivity contribution is 5.79. The predicted molar refractivity (Wildman–Crippen MR) is 93.2 cm³/mol. The van der Waals surface area contributed by atoms with Gasteiger partial charge in [0.25, 0.3) is 0 Å². The average molecular weight is 383 g/mol. The molecule has 3 rings (SSSR count). The summed E-state index contributed by atoms with van der Waals surface area (Å²) in [6, 6.07) is 2.27. The fraction of sp³-hybridized carbons (Fsp3) is 0.611. The van der Waals surface area contributed by atoms with Crippen molar-refractivity contribution in [3.05, 3.63) is 34.9 Å². The highest BCUT2D eigenvalue weighted by Crippen LogP contribution is 2.42. The second-order valence-corrected chi connectivity index (χ2v) is 7.14. The quantitative estimate of drug-likeness (QED) is 0.746. The number of hydrogen-bond donors (Lipinski definition) is 1. The van der Waals surface area contributed by atoms with Gasteiger partial charge in [0.15, 0.2) is 5.69 Å². The molecule has 0 spiro atoms. The number of aromatic nitrogens is 4. The molecule has 148 valence electrons. The lowest BCUT2D eigenvalue weighted by atomic mass is 10.2. The van der Waals surface area contributed by atoms with Crippen molar-refractivity contribution in [2.75, 3.05) is 6.54 Å². The zero-order valence-corrected chi connectivity index (χ0v) is 15.7. The first-order valence-corrected chi connectivity index (χ1v) is 9.12. The lowest BCUT2D eigenvalue weighted by Gasteiger charge is -2.16. The van der Waals surface area contributed by atoms with Gasteiger partial charge < -0.3 is 5.32 Å². The Labute approximate surface area is 155 Å². The highest BCUT2D eigenvalue weighted by Gasteiger charge is 2.39. The summed E-state index contributed by atoms with van der Waals surface area (Å²) in [5.74, 6) is -0.267. The van der Waals surface area contributed by atoms with E-state index < -0.39 is 17.9 Å². The Morgan fingerprint density at radius 1 is 1.30 bits per heavy atom. The molecule has 1 unspecified atom stereocenters. The molecule has 1 N–H and O–H groups in total. The SMILES string of the molecule is Cc1cc(C)n(CCCNC(=O)C(C)n2nc(C(F)(F)F)cc2C2CC2)n1. The van der Waals surface area contributed by atoms with E-state index in [-0.39, 0.29) is 11.8 Å². The van der Waals surface area contributed by atoms with Crippen molar-refractivity contribution < 1.29 is 18.0 Å². The summed E-state index contributed by atoms with van der Waals surface area (Å²) >= 11 is 0. The Morgan fingerprint density at radius 3 is 2.56 bits per heavy atom. The lowest BCUT2D eigenvalue weighted by Crippen LogP contribution is -2.33. The third-order valence-corrected chi connectivity index (χ3v) is 4.75. The lowest BCUT2D eigenvalue weighted by molar-refractivity contribution is -0.142. The van der Waals surface area contributed by atoms with Crippen molar-refractivity contribution in [2.45, 2.75) is 64.7 Å². The first-order chi connectivity index (χ1) is 12.7. The van der Waals surface area contributed by atoms with Crippen LogP contribution in [-0.4, -0.2) is 32.0 Å². The van der Waals surface area contributed by atoms with Gasteiger partial charge in [-0.3, -0.25) is 14.2 Å². The second kappa shape index (κ2) is 7.36. The molecule has 2 aromatic heterocycles. The number of hydrogen-bond acceptors (Lipinski definition) is 3.